The van der Waals surface area contributed by atoms with Crippen molar-refractivity contribution in [2.24, 2.45) is 0 Å². The highest BCUT2D eigenvalue weighted by atomic mass is 19.1. The summed E-state index contributed by atoms with van der Waals surface area (Å²) in [6, 6.07) is 3.45. The molecular weight excluding hydrogens is 253 g/mol. The number of nitro groups is 1. The Balaban J connectivity index is 2.59. The molecule has 0 heterocycles. The summed E-state index contributed by atoms with van der Waals surface area (Å²) >= 11 is 0. The van der Waals surface area contributed by atoms with Crippen LogP contribution in [-0.4, -0.2) is 23.2 Å². The van der Waals surface area contributed by atoms with Gasteiger partial charge < -0.3 is 9.47 Å². The van der Waals surface area contributed by atoms with Gasteiger partial charge in [-0.2, -0.15) is 4.39 Å². The molecule has 1 unspecified atom stereocenters. The van der Waals surface area contributed by atoms with Crippen LogP contribution in [0.25, 0.3) is 0 Å². The first-order valence-electron chi connectivity index (χ1n) is 5.93. The minimum Gasteiger partial charge on any atom is -0.491 e. The van der Waals surface area contributed by atoms with Crippen LogP contribution in [-0.2, 0) is 4.74 Å². The van der Waals surface area contributed by atoms with E-state index in [0.717, 1.165) is 12.1 Å². The van der Waals surface area contributed by atoms with Crippen molar-refractivity contribution in [3.63, 3.8) is 0 Å². The second-order valence-electron chi connectivity index (χ2n) is 5.22. The molecule has 1 atom stereocenters. The molecule has 0 aliphatic heterocycles. The molecule has 1 aromatic carbocycles. The molecule has 0 amide bonds. The summed E-state index contributed by atoms with van der Waals surface area (Å²) < 4.78 is 24.3. The second kappa shape index (κ2) is 5.97. The molecule has 0 fully saturated rings. The molecule has 6 heteroatoms. The van der Waals surface area contributed by atoms with Gasteiger partial charge in [0.05, 0.1) is 16.6 Å². The summed E-state index contributed by atoms with van der Waals surface area (Å²) in [7, 11) is 0. The van der Waals surface area contributed by atoms with Crippen LogP contribution in [0.4, 0.5) is 10.1 Å². The predicted molar refractivity (Wildman–Crippen MR) is 68.8 cm³/mol. The van der Waals surface area contributed by atoms with Gasteiger partial charge in [-0.1, -0.05) is 0 Å². The van der Waals surface area contributed by atoms with E-state index in [9.17, 15) is 14.5 Å². The Bertz CT molecular complexity index is 456. The fraction of sp³-hybridized carbons (Fsp3) is 0.538. The molecule has 1 rings (SSSR count). The van der Waals surface area contributed by atoms with Crippen LogP contribution in [0.15, 0.2) is 18.2 Å². The zero-order chi connectivity index (χ0) is 14.6. The van der Waals surface area contributed by atoms with Crippen LogP contribution in [0.2, 0.25) is 0 Å². The van der Waals surface area contributed by atoms with Gasteiger partial charge in [0.2, 0.25) is 5.82 Å². The third kappa shape index (κ3) is 5.21. The maximum Gasteiger partial charge on any atom is 0.305 e. The van der Waals surface area contributed by atoms with E-state index < -0.39 is 16.4 Å². The van der Waals surface area contributed by atoms with Gasteiger partial charge in [-0.05, 0) is 33.8 Å². The van der Waals surface area contributed by atoms with Crippen LogP contribution in [0, 0.1) is 15.9 Å². The summed E-state index contributed by atoms with van der Waals surface area (Å²) in [5.74, 6) is -0.667. The van der Waals surface area contributed by atoms with Crippen molar-refractivity contribution in [2.45, 2.75) is 39.4 Å². The number of halogens is 1. The van der Waals surface area contributed by atoms with E-state index in [4.69, 9.17) is 9.47 Å². The first-order valence-corrected chi connectivity index (χ1v) is 5.93. The molecule has 19 heavy (non-hydrogen) atoms. The number of rotatable bonds is 5. The number of nitrogens with zero attached hydrogens (tertiary/aromatic N) is 1. The number of ether oxygens (including phenoxy) is 2. The Labute approximate surface area is 111 Å². The lowest BCUT2D eigenvalue weighted by Crippen LogP contribution is -2.29. The van der Waals surface area contributed by atoms with E-state index in [-0.39, 0.29) is 24.1 Å². The van der Waals surface area contributed by atoms with Crippen LogP contribution in [0.5, 0.6) is 5.75 Å². The highest BCUT2D eigenvalue weighted by Gasteiger charge is 2.17. The van der Waals surface area contributed by atoms with Crippen LogP contribution in [0.1, 0.15) is 27.7 Å². The summed E-state index contributed by atoms with van der Waals surface area (Å²) in [6.45, 7) is 7.86. The van der Waals surface area contributed by atoms with Crippen molar-refractivity contribution in [1.29, 1.82) is 0 Å². The van der Waals surface area contributed by atoms with E-state index in [1.807, 2.05) is 27.7 Å². The molecule has 5 nitrogen and oxygen atoms in total. The quantitative estimate of drug-likeness (QED) is 0.609. The van der Waals surface area contributed by atoms with E-state index in [1.165, 1.54) is 6.07 Å². The molecule has 0 radical (unpaired) electrons. The SMILES string of the molecule is CC(COc1ccc([N+](=O)[O-])c(F)c1)OC(C)(C)C. The topological polar surface area (TPSA) is 61.6 Å². The van der Waals surface area contributed by atoms with Crippen molar-refractivity contribution in [3.05, 3.63) is 34.1 Å². The van der Waals surface area contributed by atoms with Gasteiger partial charge in [-0.25, -0.2) is 0 Å². The van der Waals surface area contributed by atoms with Crippen LogP contribution in [0.3, 0.4) is 0 Å². The largest absolute Gasteiger partial charge is 0.491 e. The Morgan fingerprint density at radius 3 is 2.53 bits per heavy atom. The third-order valence-electron chi connectivity index (χ3n) is 2.16. The molecule has 1 aromatic rings. The maximum atomic E-state index is 13.3. The highest BCUT2D eigenvalue weighted by molar-refractivity contribution is 5.37. The smallest absolute Gasteiger partial charge is 0.305 e. The average molecular weight is 271 g/mol. The van der Waals surface area contributed by atoms with Gasteiger partial charge in [0, 0.05) is 12.1 Å². The van der Waals surface area contributed by atoms with Gasteiger partial charge in [0.1, 0.15) is 12.4 Å². The molecule has 0 aliphatic carbocycles. The average Bonchev–Trinajstić information content (AvgIpc) is 2.23. The number of nitro benzene ring substituents is 1. The van der Waals surface area contributed by atoms with Gasteiger partial charge in [0.25, 0.3) is 0 Å². The predicted octanol–water partition coefficient (Wildman–Crippen LogP) is 3.32. The van der Waals surface area contributed by atoms with Gasteiger partial charge in [0.15, 0.2) is 0 Å². The second-order valence-corrected chi connectivity index (χ2v) is 5.22. The highest BCUT2D eigenvalue weighted by Crippen LogP contribution is 2.22. The van der Waals surface area contributed by atoms with E-state index in [2.05, 4.69) is 0 Å². The lowest BCUT2D eigenvalue weighted by atomic mass is 10.2. The summed E-state index contributed by atoms with van der Waals surface area (Å²) in [5, 5.41) is 10.5. The van der Waals surface area contributed by atoms with E-state index in [1.54, 1.807) is 0 Å². The minimum atomic E-state index is -0.910. The normalized spacial score (nSPS) is 13.1. The van der Waals surface area contributed by atoms with Crippen LogP contribution < -0.4 is 4.74 Å². The number of hydrogen-bond acceptors (Lipinski definition) is 4. The monoisotopic (exact) mass is 271 g/mol. The zero-order valence-electron chi connectivity index (χ0n) is 11.5. The molecule has 0 saturated carbocycles. The van der Waals surface area contributed by atoms with E-state index >= 15 is 0 Å². The van der Waals surface area contributed by atoms with Crippen LogP contribution >= 0.6 is 0 Å². The number of benzene rings is 1. The summed E-state index contributed by atoms with van der Waals surface area (Å²) in [5.41, 5.74) is -0.852. The lowest BCUT2D eigenvalue weighted by molar-refractivity contribution is -0.387. The summed E-state index contributed by atoms with van der Waals surface area (Å²) in [4.78, 5) is 9.69. The Morgan fingerprint density at radius 1 is 1.42 bits per heavy atom. The fourth-order valence-corrected chi connectivity index (χ4v) is 1.58. The van der Waals surface area contributed by atoms with Crippen molar-refractivity contribution in [1.82, 2.24) is 0 Å². The molecule has 0 aliphatic rings. The van der Waals surface area contributed by atoms with Crippen molar-refractivity contribution < 1.29 is 18.8 Å². The van der Waals surface area contributed by atoms with Crippen molar-refractivity contribution >= 4 is 5.69 Å². The van der Waals surface area contributed by atoms with Gasteiger partial charge in [-0.15, -0.1) is 0 Å². The third-order valence-corrected chi connectivity index (χ3v) is 2.16. The molecule has 106 valence electrons. The van der Waals surface area contributed by atoms with Crippen molar-refractivity contribution in [2.75, 3.05) is 6.61 Å². The van der Waals surface area contributed by atoms with Gasteiger partial charge >= 0.3 is 5.69 Å². The number of hydrogen-bond donors (Lipinski definition) is 0. The Morgan fingerprint density at radius 2 is 2.05 bits per heavy atom. The standard InChI is InChI=1S/C13H18FNO4/c1-9(19-13(2,3)4)8-18-10-5-6-12(15(16)17)11(14)7-10/h5-7,9H,8H2,1-4H3. The molecule has 0 saturated heterocycles. The van der Waals surface area contributed by atoms with E-state index in [0.29, 0.717) is 0 Å². The summed E-state index contributed by atoms with van der Waals surface area (Å²) in [6.07, 6.45) is -0.168. The first-order chi connectivity index (χ1) is 8.69. The van der Waals surface area contributed by atoms with Crippen molar-refractivity contribution in [3.8, 4) is 5.75 Å². The Kier molecular flexibility index (Phi) is 4.83. The molecule has 0 spiro atoms. The Hall–Kier alpha value is -1.69. The first kappa shape index (κ1) is 15.4. The molecule has 0 bridgehead atoms. The molecule has 0 N–H and O–H groups in total. The maximum absolute atomic E-state index is 13.3. The molecular formula is C13H18FNO4. The lowest BCUT2D eigenvalue weighted by Gasteiger charge is -2.25. The van der Waals surface area contributed by atoms with Gasteiger partial charge in [-0.3, -0.25) is 10.1 Å². The zero-order valence-corrected chi connectivity index (χ0v) is 11.5. The fourth-order valence-electron chi connectivity index (χ4n) is 1.58. The molecule has 0 aromatic heterocycles. The minimum absolute atomic E-state index is 0.168.